The molecule has 2 aromatic rings. The van der Waals surface area contributed by atoms with Crippen molar-refractivity contribution in [2.75, 3.05) is 31.5 Å². The smallest absolute Gasteiger partial charge is 0.321 e. The van der Waals surface area contributed by atoms with Crippen LogP contribution in [0.4, 0.5) is 10.5 Å². The Morgan fingerprint density at radius 2 is 2.33 bits per heavy atom. The number of imidazole rings is 1. The van der Waals surface area contributed by atoms with E-state index in [1.807, 2.05) is 33.8 Å². The normalized spacial score (nSPS) is 25.0. The fourth-order valence-corrected chi connectivity index (χ4v) is 3.44. The van der Waals surface area contributed by atoms with E-state index in [0.717, 1.165) is 43.9 Å². The molecule has 0 aliphatic carbocycles. The molecule has 4 heterocycles. The van der Waals surface area contributed by atoms with Crippen LogP contribution in [0.1, 0.15) is 12.8 Å². The maximum Gasteiger partial charge on any atom is 0.321 e. The van der Waals surface area contributed by atoms with Gasteiger partial charge in [0, 0.05) is 55.4 Å². The first-order valence-electron chi connectivity index (χ1n) is 7.44. The summed E-state index contributed by atoms with van der Waals surface area (Å²) in [7, 11) is 0. The Labute approximate surface area is 123 Å². The van der Waals surface area contributed by atoms with Gasteiger partial charge in [-0.2, -0.15) is 0 Å². The largest absolute Gasteiger partial charge is 0.324 e. The zero-order chi connectivity index (χ0) is 14.3. The number of amides is 2. The maximum absolute atomic E-state index is 12.4. The second-order valence-electron chi connectivity index (χ2n) is 6.14. The number of carbonyl (C=O) groups is 1. The second kappa shape index (κ2) is 4.73. The van der Waals surface area contributed by atoms with Crippen LogP contribution in [0.25, 0.3) is 5.65 Å². The molecule has 0 bridgehead atoms. The SMILES string of the molecule is O=C(Nc1ccn2ccnc2c1)N1CCC2(CCNC2)C1. The highest BCUT2D eigenvalue weighted by molar-refractivity contribution is 5.90. The van der Waals surface area contributed by atoms with Crippen LogP contribution in [-0.4, -0.2) is 46.5 Å². The van der Waals surface area contributed by atoms with Gasteiger partial charge in [-0.25, -0.2) is 9.78 Å². The summed E-state index contributed by atoms with van der Waals surface area (Å²) >= 11 is 0. The number of anilines is 1. The van der Waals surface area contributed by atoms with Crippen LogP contribution in [0, 0.1) is 5.41 Å². The number of pyridine rings is 1. The van der Waals surface area contributed by atoms with Crippen molar-refractivity contribution in [3.05, 3.63) is 30.7 Å². The Hall–Kier alpha value is -2.08. The van der Waals surface area contributed by atoms with Crippen molar-refractivity contribution in [3.8, 4) is 0 Å². The van der Waals surface area contributed by atoms with E-state index < -0.39 is 0 Å². The van der Waals surface area contributed by atoms with Crippen LogP contribution in [-0.2, 0) is 0 Å². The highest BCUT2D eigenvalue weighted by atomic mass is 16.2. The second-order valence-corrected chi connectivity index (χ2v) is 6.14. The average molecular weight is 285 g/mol. The molecule has 0 saturated carbocycles. The first kappa shape index (κ1) is 12.6. The van der Waals surface area contributed by atoms with E-state index in [1.165, 1.54) is 6.42 Å². The van der Waals surface area contributed by atoms with E-state index in [0.29, 0.717) is 5.41 Å². The summed E-state index contributed by atoms with van der Waals surface area (Å²) in [4.78, 5) is 18.6. The summed E-state index contributed by atoms with van der Waals surface area (Å²) < 4.78 is 1.92. The van der Waals surface area contributed by atoms with Gasteiger partial charge in [0.15, 0.2) is 0 Å². The standard InChI is InChI=1S/C15H19N5O/c21-14(20-7-3-15(11-20)2-4-16-10-15)18-12-1-6-19-8-5-17-13(19)9-12/h1,5-6,8-9,16H,2-4,7,10-11H2,(H,18,21). The fourth-order valence-electron chi connectivity index (χ4n) is 3.44. The van der Waals surface area contributed by atoms with Crippen LogP contribution < -0.4 is 10.6 Å². The fraction of sp³-hybridized carbons (Fsp3) is 0.467. The van der Waals surface area contributed by atoms with Gasteiger partial charge >= 0.3 is 6.03 Å². The number of carbonyl (C=O) groups excluding carboxylic acids is 1. The lowest BCUT2D eigenvalue weighted by Crippen LogP contribution is -2.36. The predicted octanol–water partition coefficient (Wildman–Crippen LogP) is 1.55. The Kier molecular flexibility index (Phi) is 2.85. The van der Waals surface area contributed by atoms with Crippen molar-refractivity contribution in [1.29, 1.82) is 0 Å². The van der Waals surface area contributed by atoms with Gasteiger partial charge in [-0.1, -0.05) is 0 Å². The van der Waals surface area contributed by atoms with E-state index in [2.05, 4.69) is 15.6 Å². The van der Waals surface area contributed by atoms with Gasteiger partial charge < -0.3 is 19.9 Å². The minimum atomic E-state index is -0.00492. The summed E-state index contributed by atoms with van der Waals surface area (Å²) in [6.07, 6.45) is 7.82. The molecule has 1 unspecified atom stereocenters. The monoisotopic (exact) mass is 285 g/mol. The molecular formula is C15H19N5O. The van der Waals surface area contributed by atoms with Crippen LogP contribution >= 0.6 is 0 Å². The molecule has 6 nitrogen and oxygen atoms in total. The van der Waals surface area contributed by atoms with E-state index in [1.54, 1.807) is 6.20 Å². The minimum Gasteiger partial charge on any atom is -0.324 e. The summed E-state index contributed by atoms with van der Waals surface area (Å²) in [5.74, 6) is 0. The lowest BCUT2D eigenvalue weighted by Gasteiger charge is -2.23. The highest BCUT2D eigenvalue weighted by Crippen LogP contribution is 2.36. The topological polar surface area (TPSA) is 61.7 Å². The maximum atomic E-state index is 12.4. The number of aromatic nitrogens is 2. The van der Waals surface area contributed by atoms with Crippen LogP contribution in [0.3, 0.4) is 0 Å². The molecule has 4 rings (SSSR count). The summed E-state index contributed by atoms with van der Waals surface area (Å²) in [6.45, 7) is 3.82. The molecular weight excluding hydrogens is 266 g/mol. The van der Waals surface area contributed by atoms with Gasteiger partial charge in [-0.15, -0.1) is 0 Å². The lowest BCUT2D eigenvalue weighted by molar-refractivity contribution is 0.215. The molecule has 2 saturated heterocycles. The van der Waals surface area contributed by atoms with Crippen molar-refractivity contribution < 1.29 is 4.79 Å². The van der Waals surface area contributed by atoms with Crippen LogP contribution in [0.5, 0.6) is 0 Å². The molecule has 1 spiro atoms. The van der Waals surface area contributed by atoms with Crippen molar-refractivity contribution in [3.63, 3.8) is 0 Å². The first-order chi connectivity index (χ1) is 10.2. The summed E-state index contributed by atoms with van der Waals surface area (Å²) in [5, 5.41) is 6.40. The van der Waals surface area contributed by atoms with Gasteiger partial charge in [0.1, 0.15) is 5.65 Å². The predicted molar refractivity (Wildman–Crippen MR) is 80.3 cm³/mol. The molecule has 2 amide bonds. The molecule has 2 fully saturated rings. The third-order valence-electron chi connectivity index (χ3n) is 4.71. The molecule has 6 heteroatoms. The van der Waals surface area contributed by atoms with E-state index in [-0.39, 0.29) is 6.03 Å². The molecule has 2 aromatic heterocycles. The number of nitrogens with zero attached hydrogens (tertiary/aromatic N) is 3. The molecule has 1 atom stereocenters. The van der Waals surface area contributed by atoms with Crippen molar-refractivity contribution >= 4 is 17.4 Å². The molecule has 0 aromatic carbocycles. The molecule has 21 heavy (non-hydrogen) atoms. The third kappa shape index (κ3) is 2.25. The Morgan fingerprint density at radius 3 is 3.19 bits per heavy atom. The van der Waals surface area contributed by atoms with Gasteiger partial charge in [-0.3, -0.25) is 0 Å². The molecule has 2 aliphatic rings. The van der Waals surface area contributed by atoms with Crippen molar-refractivity contribution in [1.82, 2.24) is 19.6 Å². The molecule has 2 aliphatic heterocycles. The number of fused-ring (bicyclic) bond motifs is 1. The van der Waals surface area contributed by atoms with E-state index >= 15 is 0 Å². The highest BCUT2D eigenvalue weighted by Gasteiger charge is 2.41. The number of likely N-dealkylation sites (tertiary alicyclic amines) is 1. The van der Waals surface area contributed by atoms with Gasteiger partial charge in [0.2, 0.25) is 0 Å². The quantitative estimate of drug-likeness (QED) is 0.835. The molecule has 2 N–H and O–H groups in total. The first-order valence-corrected chi connectivity index (χ1v) is 7.44. The minimum absolute atomic E-state index is 0.00492. The van der Waals surface area contributed by atoms with Crippen molar-refractivity contribution in [2.45, 2.75) is 12.8 Å². The lowest BCUT2D eigenvalue weighted by atomic mass is 9.87. The Morgan fingerprint density at radius 1 is 1.38 bits per heavy atom. The van der Waals surface area contributed by atoms with Crippen LogP contribution in [0.15, 0.2) is 30.7 Å². The number of rotatable bonds is 1. The van der Waals surface area contributed by atoms with Gasteiger partial charge in [-0.05, 0) is 25.5 Å². The zero-order valence-electron chi connectivity index (χ0n) is 11.9. The van der Waals surface area contributed by atoms with Gasteiger partial charge in [0.05, 0.1) is 0 Å². The van der Waals surface area contributed by atoms with E-state index in [4.69, 9.17) is 0 Å². The molecule has 0 radical (unpaired) electrons. The number of hydrogen-bond acceptors (Lipinski definition) is 3. The zero-order valence-corrected chi connectivity index (χ0v) is 11.9. The number of urea groups is 1. The number of hydrogen-bond donors (Lipinski definition) is 2. The third-order valence-corrected chi connectivity index (χ3v) is 4.71. The molecule has 110 valence electrons. The summed E-state index contributed by atoms with van der Waals surface area (Å²) in [6, 6.07) is 3.78. The Bertz CT molecular complexity index is 674. The van der Waals surface area contributed by atoms with Crippen molar-refractivity contribution in [2.24, 2.45) is 5.41 Å². The number of nitrogens with one attached hydrogen (secondary N) is 2. The average Bonchev–Trinajstić information content (AvgIpc) is 3.21. The van der Waals surface area contributed by atoms with E-state index in [9.17, 15) is 4.79 Å². The Balaban J connectivity index is 1.45. The summed E-state index contributed by atoms with van der Waals surface area (Å²) in [5.41, 5.74) is 1.94. The van der Waals surface area contributed by atoms with Crippen LogP contribution in [0.2, 0.25) is 0 Å². The van der Waals surface area contributed by atoms with Gasteiger partial charge in [0.25, 0.3) is 0 Å².